The van der Waals surface area contributed by atoms with Gasteiger partial charge in [-0.15, -0.1) is 0 Å². The largest absolute Gasteiger partial charge is 0.494 e. The summed E-state index contributed by atoms with van der Waals surface area (Å²) in [4.78, 5) is 4.75. The predicted octanol–water partition coefficient (Wildman–Crippen LogP) is 8.20. The molecule has 0 aliphatic rings. The summed E-state index contributed by atoms with van der Waals surface area (Å²) in [5.41, 5.74) is 6.22. The van der Waals surface area contributed by atoms with Gasteiger partial charge >= 0.3 is 0 Å². The number of rotatable bonds is 12. The molecule has 0 N–H and O–H groups in total. The summed E-state index contributed by atoms with van der Waals surface area (Å²) in [6.07, 6.45) is 10.6. The van der Waals surface area contributed by atoms with Crippen molar-refractivity contribution in [2.45, 2.75) is 71.6 Å². The summed E-state index contributed by atoms with van der Waals surface area (Å²) in [7, 11) is 0. The summed E-state index contributed by atoms with van der Waals surface area (Å²) in [6.45, 7) is 7.49. The van der Waals surface area contributed by atoms with Crippen LogP contribution in [0.4, 0.5) is 0 Å². The summed E-state index contributed by atoms with van der Waals surface area (Å²) >= 11 is 0. The molecule has 0 saturated heterocycles. The van der Waals surface area contributed by atoms with Crippen molar-refractivity contribution in [1.29, 1.82) is 0 Å². The maximum Gasteiger partial charge on any atom is 0.119 e. The zero-order valence-corrected chi connectivity index (χ0v) is 19.4. The molecule has 0 bridgehead atoms. The second kappa shape index (κ2) is 12.3. The third-order valence-electron chi connectivity index (χ3n) is 5.98. The number of nitrogens with zero attached hydrogens (tertiary/aromatic N) is 1. The maximum atomic E-state index is 5.83. The Labute approximate surface area is 188 Å². The molecule has 0 spiro atoms. The van der Waals surface area contributed by atoms with Crippen molar-refractivity contribution in [1.82, 2.24) is 4.98 Å². The van der Waals surface area contributed by atoms with E-state index < -0.39 is 0 Å². The highest BCUT2D eigenvalue weighted by Crippen LogP contribution is 2.27. The molecule has 164 valence electrons. The number of unbranched alkanes of at least 4 members (excludes halogenated alkanes) is 4. The van der Waals surface area contributed by atoms with Crippen LogP contribution < -0.4 is 4.74 Å². The van der Waals surface area contributed by atoms with E-state index in [0.717, 1.165) is 30.9 Å². The number of aromatic nitrogens is 1. The van der Waals surface area contributed by atoms with Gasteiger partial charge in [0, 0.05) is 17.8 Å². The normalized spacial score (nSPS) is 12.0. The second-order valence-electron chi connectivity index (χ2n) is 8.47. The highest BCUT2D eigenvalue weighted by atomic mass is 16.5. The SMILES string of the molecule is CCCCCOc1ccc(-c2ccc(C(C)c3ccc(CCCCC)cn3)cc2)cc1. The minimum atomic E-state index is 0.289. The van der Waals surface area contributed by atoms with Crippen molar-refractivity contribution < 1.29 is 4.74 Å². The minimum Gasteiger partial charge on any atom is -0.494 e. The third kappa shape index (κ3) is 6.95. The summed E-state index contributed by atoms with van der Waals surface area (Å²) in [5.74, 6) is 1.24. The van der Waals surface area contributed by atoms with Crippen LogP contribution >= 0.6 is 0 Å². The lowest BCUT2D eigenvalue weighted by Crippen LogP contribution is -2.00. The van der Waals surface area contributed by atoms with Crippen LogP contribution in [0.3, 0.4) is 0 Å². The van der Waals surface area contributed by atoms with E-state index >= 15 is 0 Å². The van der Waals surface area contributed by atoms with Gasteiger partial charge in [0.05, 0.1) is 6.61 Å². The van der Waals surface area contributed by atoms with Gasteiger partial charge in [0.2, 0.25) is 0 Å². The van der Waals surface area contributed by atoms with Crippen molar-refractivity contribution in [3.05, 3.63) is 83.7 Å². The van der Waals surface area contributed by atoms with E-state index in [1.807, 2.05) is 0 Å². The van der Waals surface area contributed by atoms with Gasteiger partial charge < -0.3 is 4.74 Å². The lowest BCUT2D eigenvalue weighted by Gasteiger charge is -2.13. The molecular formula is C29H37NO. The Hall–Kier alpha value is -2.61. The van der Waals surface area contributed by atoms with E-state index in [2.05, 4.69) is 87.6 Å². The van der Waals surface area contributed by atoms with Crippen LogP contribution in [0.1, 0.15) is 82.0 Å². The van der Waals surface area contributed by atoms with Gasteiger partial charge in [0.25, 0.3) is 0 Å². The number of pyridine rings is 1. The van der Waals surface area contributed by atoms with Gasteiger partial charge in [-0.25, -0.2) is 0 Å². The molecule has 2 aromatic carbocycles. The van der Waals surface area contributed by atoms with Crippen LogP contribution in [0, 0.1) is 0 Å². The van der Waals surface area contributed by atoms with Gasteiger partial charge in [0.15, 0.2) is 0 Å². The average Bonchev–Trinajstić information content (AvgIpc) is 2.83. The Morgan fingerprint density at radius 3 is 2.00 bits per heavy atom. The first-order valence-electron chi connectivity index (χ1n) is 12.0. The number of aryl methyl sites for hydroxylation is 1. The number of hydrogen-bond acceptors (Lipinski definition) is 2. The topological polar surface area (TPSA) is 22.1 Å². The predicted molar refractivity (Wildman–Crippen MR) is 132 cm³/mol. The summed E-state index contributed by atoms with van der Waals surface area (Å²) in [5, 5.41) is 0. The smallest absolute Gasteiger partial charge is 0.119 e. The van der Waals surface area contributed by atoms with Crippen molar-refractivity contribution in [3.63, 3.8) is 0 Å². The van der Waals surface area contributed by atoms with Crippen LogP contribution in [0.2, 0.25) is 0 Å². The van der Waals surface area contributed by atoms with Gasteiger partial charge in [-0.05, 0) is 59.7 Å². The highest BCUT2D eigenvalue weighted by molar-refractivity contribution is 5.64. The molecule has 0 radical (unpaired) electrons. The van der Waals surface area contributed by atoms with Gasteiger partial charge in [0.1, 0.15) is 5.75 Å². The molecule has 3 rings (SSSR count). The van der Waals surface area contributed by atoms with E-state index in [9.17, 15) is 0 Å². The van der Waals surface area contributed by atoms with Crippen molar-refractivity contribution in [3.8, 4) is 16.9 Å². The molecule has 1 atom stereocenters. The van der Waals surface area contributed by atoms with Crippen molar-refractivity contribution in [2.75, 3.05) is 6.61 Å². The first kappa shape index (κ1) is 23.1. The molecule has 1 aromatic heterocycles. The monoisotopic (exact) mass is 415 g/mol. The fourth-order valence-electron chi connectivity index (χ4n) is 3.84. The zero-order chi connectivity index (χ0) is 21.9. The molecule has 0 aliphatic carbocycles. The lowest BCUT2D eigenvalue weighted by molar-refractivity contribution is 0.306. The van der Waals surface area contributed by atoms with E-state index in [4.69, 9.17) is 9.72 Å². The number of ether oxygens (including phenoxy) is 1. The molecule has 0 aliphatic heterocycles. The molecule has 0 amide bonds. The molecule has 1 unspecified atom stereocenters. The fourth-order valence-corrected chi connectivity index (χ4v) is 3.84. The summed E-state index contributed by atoms with van der Waals surface area (Å²) < 4.78 is 5.83. The summed E-state index contributed by atoms with van der Waals surface area (Å²) in [6, 6.07) is 21.8. The molecule has 2 heteroatoms. The fraction of sp³-hybridized carbons (Fsp3) is 0.414. The molecule has 1 heterocycles. The van der Waals surface area contributed by atoms with Crippen molar-refractivity contribution >= 4 is 0 Å². The Kier molecular flexibility index (Phi) is 9.15. The van der Waals surface area contributed by atoms with Crippen LogP contribution in [-0.4, -0.2) is 11.6 Å². The van der Waals surface area contributed by atoms with E-state index in [1.165, 1.54) is 54.4 Å². The number of benzene rings is 2. The van der Waals surface area contributed by atoms with Crippen LogP contribution in [0.25, 0.3) is 11.1 Å². The molecule has 0 fully saturated rings. The Morgan fingerprint density at radius 1 is 0.742 bits per heavy atom. The number of hydrogen-bond donors (Lipinski definition) is 0. The molecule has 31 heavy (non-hydrogen) atoms. The van der Waals surface area contributed by atoms with E-state index in [0.29, 0.717) is 0 Å². The van der Waals surface area contributed by atoms with Gasteiger partial charge in [-0.3, -0.25) is 4.98 Å². The van der Waals surface area contributed by atoms with Crippen LogP contribution in [0.15, 0.2) is 66.9 Å². The van der Waals surface area contributed by atoms with E-state index in [-0.39, 0.29) is 5.92 Å². The average molecular weight is 416 g/mol. The molecule has 0 saturated carbocycles. The third-order valence-corrected chi connectivity index (χ3v) is 5.98. The molecular weight excluding hydrogens is 378 g/mol. The molecule has 3 aromatic rings. The quantitative estimate of drug-likeness (QED) is 0.278. The first-order chi connectivity index (χ1) is 15.2. The Balaban J connectivity index is 1.59. The van der Waals surface area contributed by atoms with Crippen LogP contribution in [-0.2, 0) is 6.42 Å². The highest BCUT2D eigenvalue weighted by Gasteiger charge is 2.10. The van der Waals surface area contributed by atoms with Crippen molar-refractivity contribution in [2.24, 2.45) is 0 Å². The second-order valence-corrected chi connectivity index (χ2v) is 8.47. The zero-order valence-electron chi connectivity index (χ0n) is 19.4. The Morgan fingerprint density at radius 2 is 1.39 bits per heavy atom. The molecule has 2 nitrogen and oxygen atoms in total. The lowest BCUT2D eigenvalue weighted by atomic mass is 9.94. The van der Waals surface area contributed by atoms with Gasteiger partial charge in [-0.2, -0.15) is 0 Å². The van der Waals surface area contributed by atoms with Gasteiger partial charge in [-0.1, -0.05) is 88.9 Å². The first-order valence-corrected chi connectivity index (χ1v) is 12.0. The van der Waals surface area contributed by atoms with E-state index in [1.54, 1.807) is 0 Å². The standard InChI is InChI=1S/C29H37NO/c1-4-6-8-10-24-11-20-29(30-22-24)23(3)25-12-14-26(15-13-25)27-16-18-28(19-17-27)31-21-9-7-5-2/h11-20,22-23H,4-10,21H2,1-3H3. The minimum absolute atomic E-state index is 0.289. The van der Waals surface area contributed by atoms with Crippen LogP contribution in [0.5, 0.6) is 5.75 Å². The maximum absolute atomic E-state index is 5.83. The Bertz CT molecular complexity index is 882.